The Morgan fingerprint density at radius 2 is 1.81 bits per heavy atom. The number of methoxy groups -OCH3 is 1. The van der Waals surface area contributed by atoms with Crippen LogP contribution in [0, 0.1) is 5.92 Å². The molecule has 0 radical (unpaired) electrons. The Morgan fingerprint density at radius 3 is 2.38 bits per heavy atom. The van der Waals surface area contributed by atoms with Gasteiger partial charge in [-0.25, -0.2) is 0 Å². The van der Waals surface area contributed by atoms with E-state index in [1.165, 1.54) is 5.56 Å². The van der Waals surface area contributed by atoms with E-state index < -0.39 is 0 Å². The number of benzene rings is 2. The molecule has 0 aromatic heterocycles. The summed E-state index contributed by atoms with van der Waals surface area (Å²) < 4.78 is 5.19. The summed E-state index contributed by atoms with van der Waals surface area (Å²) in [5.74, 6) is 1.30. The summed E-state index contributed by atoms with van der Waals surface area (Å²) in [6.07, 6.45) is 1.06. The predicted octanol–water partition coefficient (Wildman–Crippen LogP) is 5.55. The molecule has 0 saturated heterocycles. The number of hydrogen-bond acceptors (Lipinski definition) is 2. The van der Waals surface area contributed by atoms with Crippen LogP contribution < -0.4 is 10.1 Å². The fourth-order valence-electron chi connectivity index (χ4n) is 2.39. The molecule has 0 heterocycles. The first-order valence-corrected chi connectivity index (χ1v) is 7.63. The Morgan fingerprint density at radius 1 is 1.10 bits per heavy atom. The molecule has 2 aromatic rings. The van der Waals surface area contributed by atoms with Crippen LogP contribution in [-0.2, 0) is 0 Å². The van der Waals surface area contributed by atoms with Gasteiger partial charge in [0, 0.05) is 5.69 Å². The van der Waals surface area contributed by atoms with Crippen molar-refractivity contribution >= 4 is 17.3 Å². The largest absolute Gasteiger partial charge is 0.495 e. The maximum absolute atomic E-state index is 6.20. The Bertz CT molecular complexity index is 569. The molecule has 0 bridgehead atoms. The van der Waals surface area contributed by atoms with Crippen molar-refractivity contribution in [2.24, 2.45) is 5.92 Å². The monoisotopic (exact) mass is 303 g/mol. The molecule has 0 amide bonds. The topological polar surface area (TPSA) is 21.3 Å². The van der Waals surface area contributed by atoms with E-state index in [4.69, 9.17) is 16.3 Å². The van der Waals surface area contributed by atoms with Crippen LogP contribution in [0.15, 0.2) is 48.5 Å². The Labute approximate surface area is 132 Å². The van der Waals surface area contributed by atoms with E-state index in [2.05, 4.69) is 43.4 Å². The zero-order valence-corrected chi connectivity index (χ0v) is 13.5. The number of nitrogens with one attached hydrogen (secondary N) is 1. The van der Waals surface area contributed by atoms with E-state index in [9.17, 15) is 0 Å². The second kappa shape index (κ2) is 7.37. The summed E-state index contributed by atoms with van der Waals surface area (Å²) in [6.45, 7) is 4.47. The van der Waals surface area contributed by atoms with E-state index in [0.717, 1.165) is 12.1 Å². The molecule has 0 aliphatic heterocycles. The van der Waals surface area contributed by atoms with Crippen LogP contribution in [0.5, 0.6) is 5.75 Å². The summed E-state index contributed by atoms with van der Waals surface area (Å²) in [5, 5.41) is 4.20. The second-order valence-corrected chi connectivity index (χ2v) is 5.99. The van der Waals surface area contributed by atoms with Gasteiger partial charge in [-0.05, 0) is 36.1 Å². The lowest BCUT2D eigenvalue weighted by Crippen LogP contribution is -2.13. The minimum atomic E-state index is 0.274. The zero-order chi connectivity index (χ0) is 15.2. The summed E-state index contributed by atoms with van der Waals surface area (Å²) in [7, 11) is 1.62. The molecular weight excluding hydrogens is 282 g/mol. The molecule has 2 nitrogen and oxygen atoms in total. The van der Waals surface area contributed by atoms with Gasteiger partial charge in [0.25, 0.3) is 0 Å². The standard InChI is InChI=1S/C18H22ClNO/c1-13(2)11-17(14-7-5-4-6-8-14)20-15-9-10-18(21-3)16(19)12-15/h4-10,12-13,17,20H,11H2,1-3H3. The molecular formula is C18H22ClNO. The lowest BCUT2D eigenvalue weighted by molar-refractivity contribution is 0.415. The molecule has 0 fully saturated rings. The molecule has 1 unspecified atom stereocenters. The fraction of sp³-hybridized carbons (Fsp3) is 0.333. The number of halogens is 1. The SMILES string of the molecule is COc1ccc(NC(CC(C)C)c2ccccc2)cc1Cl. The highest BCUT2D eigenvalue weighted by molar-refractivity contribution is 6.32. The fourth-order valence-corrected chi connectivity index (χ4v) is 2.65. The summed E-state index contributed by atoms with van der Waals surface area (Å²) in [4.78, 5) is 0. The van der Waals surface area contributed by atoms with Gasteiger partial charge in [-0.15, -0.1) is 0 Å². The highest BCUT2D eigenvalue weighted by atomic mass is 35.5. The van der Waals surface area contributed by atoms with Crippen molar-refractivity contribution in [2.45, 2.75) is 26.3 Å². The quantitative estimate of drug-likeness (QED) is 0.755. The van der Waals surface area contributed by atoms with Crippen molar-refractivity contribution < 1.29 is 4.74 Å². The average molecular weight is 304 g/mol. The molecule has 21 heavy (non-hydrogen) atoms. The molecule has 2 aromatic carbocycles. The molecule has 1 atom stereocenters. The minimum absolute atomic E-state index is 0.274. The third-order valence-corrected chi connectivity index (χ3v) is 3.70. The number of ether oxygens (including phenoxy) is 1. The number of anilines is 1. The van der Waals surface area contributed by atoms with Crippen molar-refractivity contribution in [3.8, 4) is 5.75 Å². The van der Waals surface area contributed by atoms with Gasteiger partial charge in [-0.3, -0.25) is 0 Å². The van der Waals surface area contributed by atoms with E-state index in [1.54, 1.807) is 7.11 Å². The third-order valence-electron chi connectivity index (χ3n) is 3.40. The van der Waals surface area contributed by atoms with Crippen molar-refractivity contribution in [1.82, 2.24) is 0 Å². The Balaban J connectivity index is 2.21. The predicted molar refractivity (Wildman–Crippen MR) is 90.3 cm³/mol. The molecule has 0 saturated carbocycles. The lowest BCUT2D eigenvalue weighted by atomic mass is 9.97. The maximum Gasteiger partial charge on any atom is 0.137 e. The smallest absolute Gasteiger partial charge is 0.137 e. The molecule has 1 N–H and O–H groups in total. The van der Waals surface area contributed by atoms with Crippen LogP contribution >= 0.6 is 11.6 Å². The van der Waals surface area contributed by atoms with Crippen LogP contribution in [0.25, 0.3) is 0 Å². The minimum Gasteiger partial charge on any atom is -0.495 e. The molecule has 3 heteroatoms. The van der Waals surface area contributed by atoms with Crippen LogP contribution in [0.3, 0.4) is 0 Å². The molecule has 0 aliphatic carbocycles. The van der Waals surface area contributed by atoms with E-state index >= 15 is 0 Å². The van der Waals surface area contributed by atoms with Gasteiger partial charge in [0.2, 0.25) is 0 Å². The number of hydrogen-bond donors (Lipinski definition) is 1. The maximum atomic E-state index is 6.20. The summed E-state index contributed by atoms with van der Waals surface area (Å²) >= 11 is 6.20. The van der Waals surface area contributed by atoms with Gasteiger partial charge in [-0.2, -0.15) is 0 Å². The highest BCUT2D eigenvalue weighted by Gasteiger charge is 2.13. The average Bonchev–Trinajstić information content (AvgIpc) is 2.47. The molecule has 112 valence electrons. The lowest BCUT2D eigenvalue weighted by Gasteiger charge is -2.22. The summed E-state index contributed by atoms with van der Waals surface area (Å²) in [5.41, 5.74) is 2.30. The van der Waals surface area contributed by atoms with Crippen molar-refractivity contribution in [1.29, 1.82) is 0 Å². The summed E-state index contributed by atoms with van der Waals surface area (Å²) in [6, 6.07) is 16.6. The third kappa shape index (κ3) is 4.40. The van der Waals surface area contributed by atoms with Crippen molar-refractivity contribution in [2.75, 3.05) is 12.4 Å². The Hall–Kier alpha value is -1.67. The highest BCUT2D eigenvalue weighted by Crippen LogP contribution is 2.31. The van der Waals surface area contributed by atoms with Crippen molar-refractivity contribution in [3.63, 3.8) is 0 Å². The number of rotatable bonds is 6. The van der Waals surface area contributed by atoms with Gasteiger partial charge >= 0.3 is 0 Å². The zero-order valence-electron chi connectivity index (χ0n) is 12.8. The molecule has 0 spiro atoms. The van der Waals surface area contributed by atoms with E-state index in [0.29, 0.717) is 16.7 Å². The van der Waals surface area contributed by atoms with Crippen LogP contribution in [-0.4, -0.2) is 7.11 Å². The van der Waals surface area contributed by atoms with Crippen LogP contribution in [0.1, 0.15) is 31.9 Å². The van der Waals surface area contributed by atoms with E-state index in [1.807, 2.05) is 24.3 Å². The first kappa shape index (κ1) is 15.7. The normalized spacial score (nSPS) is 12.2. The van der Waals surface area contributed by atoms with Gasteiger partial charge in [-0.1, -0.05) is 55.8 Å². The first-order valence-electron chi connectivity index (χ1n) is 7.25. The van der Waals surface area contributed by atoms with Crippen LogP contribution in [0.2, 0.25) is 5.02 Å². The molecule has 2 rings (SSSR count). The first-order chi connectivity index (χ1) is 10.1. The Kier molecular flexibility index (Phi) is 5.51. The second-order valence-electron chi connectivity index (χ2n) is 5.59. The van der Waals surface area contributed by atoms with Crippen molar-refractivity contribution in [3.05, 3.63) is 59.1 Å². The van der Waals surface area contributed by atoms with Gasteiger partial charge in [0.1, 0.15) is 5.75 Å². The van der Waals surface area contributed by atoms with Crippen LogP contribution in [0.4, 0.5) is 5.69 Å². The van der Waals surface area contributed by atoms with E-state index in [-0.39, 0.29) is 6.04 Å². The van der Waals surface area contributed by atoms with Gasteiger partial charge < -0.3 is 10.1 Å². The molecule has 0 aliphatic rings. The van der Waals surface area contributed by atoms with Gasteiger partial charge in [0.05, 0.1) is 18.2 Å². The van der Waals surface area contributed by atoms with Gasteiger partial charge in [0.15, 0.2) is 0 Å².